The number of amides is 3. The van der Waals surface area contributed by atoms with E-state index in [0.717, 1.165) is 43.3 Å². The molecule has 0 bridgehead atoms. The van der Waals surface area contributed by atoms with Gasteiger partial charge in [-0.3, -0.25) is 24.6 Å². The Bertz CT molecular complexity index is 938. The van der Waals surface area contributed by atoms with Crippen LogP contribution >= 0.6 is 11.3 Å². The van der Waals surface area contributed by atoms with E-state index in [9.17, 15) is 14.4 Å². The number of aryl methyl sites for hydroxylation is 1. The summed E-state index contributed by atoms with van der Waals surface area (Å²) in [6.07, 6.45) is 0. The van der Waals surface area contributed by atoms with Crippen LogP contribution in [0, 0.1) is 6.92 Å². The van der Waals surface area contributed by atoms with Crippen LogP contribution in [-0.4, -0.2) is 72.9 Å². The molecule has 2 aromatic heterocycles. The maximum absolute atomic E-state index is 11.7. The Morgan fingerprint density at radius 1 is 1.03 bits per heavy atom. The monoisotopic (exact) mass is 431 g/mol. The third-order valence-electron chi connectivity index (χ3n) is 4.82. The molecule has 160 valence electrons. The molecule has 1 fully saturated rings. The first-order valence-electron chi connectivity index (χ1n) is 9.55. The number of piperazine rings is 1. The van der Waals surface area contributed by atoms with Crippen molar-refractivity contribution >= 4 is 39.9 Å². The molecule has 0 aliphatic carbocycles. The third kappa shape index (κ3) is 5.10. The fourth-order valence-corrected chi connectivity index (χ4v) is 3.92. The Labute approximate surface area is 178 Å². The van der Waals surface area contributed by atoms with Crippen molar-refractivity contribution in [3.8, 4) is 0 Å². The number of nitrogens with one attached hydrogen (secondary N) is 3. The Balaban J connectivity index is 1.53. The van der Waals surface area contributed by atoms with Crippen LogP contribution in [0.5, 0.6) is 0 Å². The number of rotatable bonds is 5. The summed E-state index contributed by atoms with van der Waals surface area (Å²) in [5, 5.41) is 9.66. The second-order valence-electron chi connectivity index (χ2n) is 6.82. The number of carbonyl (C=O) groups is 3. The Morgan fingerprint density at radius 2 is 1.77 bits per heavy atom. The van der Waals surface area contributed by atoms with Crippen LogP contribution in [0.3, 0.4) is 0 Å². The molecule has 2 aromatic rings. The molecule has 11 heteroatoms. The van der Waals surface area contributed by atoms with Crippen molar-refractivity contribution in [1.29, 1.82) is 0 Å². The first-order chi connectivity index (χ1) is 14.4. The molecule has 0 saturated carbocycles. The van der Waals surface area contributed by atoms with Gasteiger partial charge in [0.25, 0.3) is 5.91 Å². The summed E-state index contributed by atoms with van der Waals surface area (Å²) in [5.41, 5.74) is 3.14. The molecule has 3 amide bonds. The first kappa shape index (κ1) is 21.7. The standard InChI is InChI=1S/C19H25N7O3S/c1-12-15(5-4-14(22-12)16(27)20-2)26-8-6-25(7-9-26)10-13-11-30-19(23-13)24-18(29)17(28)21-3/h4-5,11H,6-10H2,1-3H3,(H,20,27)(H,21,28)(H,23,24,29). The quantitative estimate of drug-likeness (QED) is 0.579. The number of hydrogen-bond acceptors (Lipinski definition) is 8. The smallest absolute Gasteiger partial charge is 0.315 e. The lowest BCUT2D eigenvalue weighted by Crippen LogP contribution is -2.46. The van der Waals surface area contributed by atoms with Gasteiger partial charge >= 0.3 is 11.8 Å². The molecule has 0 unspecified atom stereocenters. The maximum Gasteiger partial charge on any atom is 0.315 e. The minimum Gasteiger partial charge on any atom is -0.368 e. The van der Waals surface area contributed by atoms with Gasteiger partial charge in [-0.05, 0) is 19.1 Å². The van der Waals surface area contributed by atoms with Gasteiger partial charge in [-0.1, -0.05) is 0 Å². The van der Waals surface area contributed by atoms with Crippen LogP contribution in [-0.2, 0) is 16.1 Å². The predicted molar refractivity (Wildman–Crippen MR) is 115 cm³/mol. The number of nitrogens with zero attached hydrogens (tertiary/aromatic N) is 4. The Hall–Kier alpha value is -3.05. The van der Waals surface area contributed by atoms with Crippen molar-refractivity contribution in [2.75, 3.05) is 50.5 Å². The molecule has 0 atom stereocenters. The number of likely N-dealkylation sites (N-methyl/N-ethyl adjacent to an activating group) is 1. The van der Waals surface area contributed by atoms with Gasteiger partial charge in [0.05, 0.1) is 17.1 Å². The molecule has 1 aliphatic heterocycles. The van der Waals surface area contributed by atoms with Gasteiger partial charge in [0.15, 0.2) is 5.13 Å². The van der Waals surface area contributed by atoms with E-state index in [4.69, 9.17) is 0 Å². The Kier molecular flexibility index (Phi) is 6.95. The fourth-order valence-electron chi connectivity index (χ4n) is 3.22. The highest BCUT2D eigenvalue weighted by Gasteiger charge is 2.21. The van der Waals surface area contributed by atoms with E-state index >= 15 is 0 Å². The molecule has 3 rings (SSSR count). The van der Waals surface area contributed by atoms with E-state index in [-0.39, 0.29) is 5.91 Å². The summed E-state index contributed by atoms with van der Waals surface area (Å²) in [5.74, 6) is -1.61. The molecule has 0 radical (unpaired) electrons. The van der Waals surface area contributed by atoms with Crippen molar-refractivity contribution in [1.82, 2.24) is 25.5 Å². The number of aromatic nitrogens is 2. The highest BCUT2D eigenvalue weighted by Crippen LogP contribution is 2.22. The van der Waals surface area contributed by atoms with Crippen LogP contribution in [0.25, 0.3) is 0 Å². The number of carbonyl (C=O) groups excluding carboxylic acids is 3. The van der Waals surface area contributed by atoms with Crippen molar-refractivity contribution in [3.63, 3.8) is 0 Å². The van der Waals surface area contributed by atoms with Gasteiger partial charge in [-0.25, -0.2) is 9.97 Å². The number of anilines is 2. The van der Waals surface area contributed by atoms with Gasteiger partial charge in [0, 0.05) is 52.2 Å². The van der Waals surface area contributed by atoms with Crippen LogP contribution in [0.2, 0.25) is 0 Å². The summed E-state index contributed by atoms with van der Waals surface area (Å²) in [4.78, 5) is 48.0. The molecule has 0 spiro atoms. The van der Waals surface area contributed by atoms with Crippen molar-refractivity contribution in [3.05, 3.63) is 34.6 Å². The highest BCUT2D eigenvalue weighted by atomic mass is 32.1. The Morgan fingerprint density at radius 3 is 2.40 bits per heavy atom. The molecule has 3 N–H and O–H groups in total. The second kappa shape index (κ2) is 9.63. The fraction of sp³-hybridized carbons (Fsp3) is 0.421. The third-order valence-corrected chi connectivity index (χ3v) is 5.63. The molecule has 0 aromatic carbocycles. The van der Waals surface area contributed by atoms with Crippen molar-refractivity contribution in [2.45, 2.75) is 13.5 Å². The highest BCUT2D eigenvalue weighted by molar-refractivity contribution is 7.14. The molecule has 10 nitrogen and oxygen atoms in total. The zero-order chi connectivity index (χ0) is 21.7. The number of pyridine rings is 1. The minimum absolute atomic E-state index is 0.191. The predicted octanol–water partition coefficient (Wildman–Crippen LogP) is 0.213. The SMILES string of the molecule is CNC(=O)C(=O)Nc1nc(CN2CCN(c3ccc(C(=O)NC)nc3C)CC2)cs1. The molecule has 3 heterocycles. The zero-order valence-electron chi connectivity index (χ0n) is 17.2. The van der Waals surface area contributed by atoms with E-state index in [2.05, 4.69) is 35.7 Å². The van der Waals surface area contributed by atoms with E-state index in [1.54, 1.807) is 13.1 Å². The summed E-state index contributed by atoms with van der Waals surface area (Å²) < 4.78 is 0. The molecular formula is C19H25N7O3S. The maximum atomic E-state index is 11.7. The molecule has 1 saturated heterocycles. The van der Waals surface area contributed by atoms with Gasteiger partial charge in [-0.15, -0.1) is 11.3 Å². The van der Waals surface area contributed by atoms with Crippen LogP contribution in [0.15, 0.2) is 17.5 Å². The first-order valence-corrected chi connectivity index (χ1v) is 10.4. The van der Waals surface area contributed by atoms with E-state index in [1.165, 1.54) is 18.4 Å². The van der Waals surface area contributed by atoms with Gasteiger partial charge in [-0.2, -0.15) is 0 Å². The topological polar surface area (TPSA) is 120 Å². The van der Waals surface area contributed by atoms with E-state index in [1.807, 2.05) is 18.4 Å². The van der Waals surface area contributed by atoms with Crippen LogP contribution in [0.1, 0.15) is 21.9 Å². The average Bonchev–Trinajstić information content (AvgIpc) is 3.19. The lowest BCUT2D eigenvalue weighted by Gasteiger charge is -2.36. The summed E-state index contributed by atoms with van der Waals surface area (Å²) in [6, 6.07) is 3.70. The summed E-state index contributed by atoms with van der Waals surface area (Å²) >= 11 is 1.30. The minimum atomic E-state index is -0.724. The normalized spacial score (nSPS) is 14.3. The van der Waals surface area contributed by atoms with Crippen LogP contribution < -0.4 is 20.9 Å². The summed E-state index contributed by atoms with van der Waals surface area (Å²) in [7, 11) is 3.00. The molecule has 30 heavy (non-hydrogen) atoms. The lowest BCUT2D eigenvalue weighted by molar-refractivity contribution is -0.135. The lowest BCUT2D eigenvalue weighted by atomic mass is 10.2. The second-order valence-corrected chi connectivity index (χ2v) is 7.68. The van der Waals surface area contributed by atoms with E-state index < -0.39 is 11.8 Å². The van der Waals surface area contributed by atoms with E-state index in [0.29, 0.717) is 17.4 Å². The van der Waals surface area contributed by atoms with Crippen LogP contribution in [0.4, 0.5) is 10.8 Å². The number of thiazole rings is 1. The largest absolute Gasteiger partial charge is 0.368 e. The van der Waals surface area contributed by atoms with Gasteiger partial charge in [0.2, 0.25) is 0 Å². The zero-order valence-corrected chi connectivity index (χ0v) is 18.0. The van der Waals surface area contributed by atoms with Crippen molar-refractivity contribution < 1.29 is 14.4 Å². The average molecular weight is 432 g/mol. The van der Waals surface area contributed by atoms with Crippen molar-refractivity contribution in [2.24, 2.45) is 0 Å². The molecular weight excluding hydrogens is 406 g/mol. The van der Waals surface area contributed by atoms with Gasteiger partial charge in [0.1, 0.15) is 5.69 Å². The number of hydrogen-bond donors (Lipinski definition) is 3. The summed E-state index contributed by atoms with van der Waals surface area (Å²) in [6.45, 7) is 5.98. The molecule has 1 aliphatic rings. The van der Waals surface area contributed by atoms with Gasteiger partial charge < -0.3 is 15.5 Å².